The SMILES string of the molecule is CC(C)(C)N1CCC(c2c[nH]c3ccc(NC(=O)c4ccccc4Cl)cc23)CC1. The van der Waals surface area contributed by atoms with E-state index in [1.165, 1.54) is 10.9 Å². The Balaban J connectivity index is 1.54. The summed E-state index contributed by atoms with van der Waals surface area (Å²) in [5.74, 6) is 0.349. The second-order valence-electron chi connectivity index (χ2n) is 8.87. The van der Waals surface area contributed by atoms with Crippen LogP contribution in [0.4, 0.5) is 5.69 Å². The molecule has 0 bridgehead atoms. The van der Waals surface area contributed by atoms with Crippen LogP contribution in [0.3, 0.4) is 0 Å². The van der Waals surface area contributed by atoms with E-state index in [4.69, 9.17) is 11.6 Å². The zero-order valence-electron chi connectivity index (χ0n) is 17.3. The molecule has 5 heteroatoms. The van der Waals surface area contributed by atoms with Crippen molar-refractivity contribution in [2.75, 3.05) is 18.4 Å². The number of carbonyl (C=O) groups is 1. The zero-order valence-corrected chi connectivity index (χ0v) is 18.0. The Morgan fingerprint density at radius 3 is 2.55 bits per heavy atom. The van der Waals surface area contributed by atoms with E-state index in [0.29, 0.717) is 16.5 Å². The zero-order chi connectivity index (χ0) is 20.6. The molecule has 0 atom stereocenters. The summed E-state index contributed by atoms with van der Waals surface area (Å²) in [4.78, 5) is 18.6. The van der Waals surface area contributed by atoms with E-state index in [1.54, 1.807) is 12.1 Å². The van der Waals surface area contributed by atoms with Gasteiger partial charge in [0.05, 0.1) is 10.6 Å². The van der Waals surface area contributed by atoms with Crippen LogP contribution >= 0.6 is 11.6 Å². The predicted molar refractivity (Wildman–Crippen MR) is 121 cm³/mol. The van der Waals surface area contributed by atoms with Crippen LogP contribution in [-0.4, -0.2) is 34.4 Å². The number of anilines is 1. The number of aromatic amines is 1. The molecule has 1 aliphatic rings. The molecule has 1 fully saturated rings. The average molecular weight is 410 g/mol. The largest absolute Gasteiger partial charge is 0.361 e. The lowest BCUT2D eigenvalue weighted by Crippen LogP contribution is -2.45. The van der Waals surface area contributed by atoms with E-state index in [9.17, 15) is 4.79 Å². The summed E-state index contributed by atoms with van der Waals surface area (Å²) in [6.07, 6.45) is 4.45. The highest BCUT2D eigenvalue weighted by atomic mass is 35.5. The Morgan fingerprint density at radius 1 is 1.14 bits per heavy atom. The second kappa shape index (κ2) is 7.85. The minimum Gasteiger partial charge on any atom is -0.361 e. The molecule has 152 valence electrons. The monoisotopic (exact) mass is 409 g/mol. The average Bonchev–Trinajstić information content (AvgIpc) is 3.11. The standard InChI is InChI=1S/C24H28ClN3O/c1-24(2,3)28-12-10-16(11-13-28)20-15-26-22-9-8-17(14-19(20)22)27-23(29)18-6-4-5-7-21(18)25/h4-9,14-16,26H,10-13H2,1-3H3,(H,27,29). The van der Waals surface area contributed by atoms with Crippen molar-refractivity contribution in [3.8, 4) is 0 Å². The van der Waals surface area contributed by atoms with Gasteiger partial charge in [-0.2, -0.15) is 0 Å². The molecule has 29 heavy (non-hydrogen) atoms. The predicted octanol–water partition coefficient (Wildman–Crippen LogP) is 6.05. The number of H-pyrrole nitrogens is 1. The summed E-state index contributed by atoms with van der Waals surface area (Å²) < 4.78 is 0. The van der Waals surface area contributed by atoms with Crippen LogP contribution in [0.1, 0.15) is 55.5 Å². The van der Waals surface area contributed by atoms with Gasteiger partial charge in [0.25, 0.3) is 5.91 Å². The van der Waals surface area contributed by atoms with Gasteiger partial charge in [-0.15, -0.1) is 0 Å². The third-order valence-electron chi connectivity index (χ3n) is 5.97. The molecular weight excluding hydrogens is 382 g/mol. The lowest BCUT2D eigenvalue weighted by molar-refractivity contribution is 0.102. The molecule has 0 aliphatic carbocycles. The molecule has 1 saturated heterocycles. The van der Waals surface area contributed by atoms with E-state index < -0.39 is 0 Å². The number of fused-ring (bicyclic) bond motifs is 1. The number of hydrogen-bond acceptors (Lipinski definition) is 2. The molecule has 0 unspecified atom stereocenters. The van der Waals surface area contributed by atoms with Crippen molar-refractivity contribution in [3.63, 3.8) is 0 Å². The molecule has 1 aromatic heterocycles. The summed E-state index contributed by atoms with van der Waals surface area (Å²) >= 11 is 6.16. The Kier molecular flexibility index (Phi) is 5.41. The molecule has 1 amide bonds. The maximum absolute atomic E-state index is 12.6. The first-order valence-corrected chi connectivity index (χ1v) is 10.6. The molecule has 0 saturated carbocycles. The number of benzene rings is 2. The first-order valence-electron chi connectivity index (χ1n) is 10.2. The van der Waals surface area contributed by atoms with Gasteiger partial charge >= 0.3 is 0 Å². The van der Waals surface area contributed by atoms with E-state index in [-0.39, 0.29) is 11.4 Å². The van der Waals surface area contributed by atoms with Crippen LogP contribution in [0.25, 0.3) is 10.9 Å². The van der Waals surface area contributed by atoms with E-state index in [1.807, 2.05) is 24.3 Å². The normalized spacial score (nSPS) is 16.3. The third-order valence-corrected chi connectivity index (χ3v) is 6.30. The van der Waals surface area contributed by atoms with E-state index in [2.05, 4.69) is 48.2 Å². The number of piperidine rings is 1. The summed E-state index contributed by atoms with van der Waals surface area (Å²) in [6.45, 7) is 9.08. The molecular formula is C24H28ClN3O. The highest BCUT2D eigenvalue weighted by molar-refractivity contribution is 6.34. The molecule has 0 spiro atoms. The fourth-order valence-electron chi connectivity index (χ4n) is 4.26. The lowest BCUT2D eigenvalue weighted by atomic mass is 9.87. The van der Waals surface area contributed by atoms with Crippen molar-refractivity contribution in [3.05, 3.63) is 64.8 Å². The van der Waals surface area contributed by atoms with Gasteiger partial charge in [0, 0.05) is 28.3 Å². The second-order valence-corrected chi connectivity index (χ2v) is 9.28. The van der Waals surface area contributed by atoms with Crippen molar-refractivity contribution in [2.24, 2.45) is 0 Å². The van der Waals surface area contributed by atoms with E-state index in [0.717, 1.165) is 37.1 Å². The summed E-state index contributed by atoms with van der Waals surface area (Å²) in [5.41, 5.74) is 3.95. The Labute approximate surface area is 177 Å². The summed E-state index contributed by atoms with van der Waals surface area (Å²) in [6, 6.07) is 13.1. The number of hydrogen-bond donors (Lipinski definition) is 2. The first-order chi connectivity index (χ1) is 13.8. The molecule has 4 rings (SSSR count). The Hall–Kier alpha value is -2.30. The quantitative estimate of drug-likeness (QED) is 0.553. The molecule has 2 aromatic carbocycles. The van der Waals surface area contributed by atoms with Gasteiger partial charge in [0.2, 0.25) is 0 Å². The molecule has 1 aliphatic heterocycles. The number of nitrogens with zero attached hydrogens (tertiary/aromatic N) is 1. The van der Waals surface area contributed by atoms with Crippen LogP contribution < -0.4 is 5.32 Å². The van der Waals surface area contributed by atoms with Gasteiger partial charge in [-0.1, -0.05) is 23.7 Å². The Morgan fingerprint density at radius 2 is 1.86 bits per heavy atom. The fraction of sp³-hybridized carbons (Fsp3) is 0.375. The van der Waals surface area contributed by atoms with Gasteiger partial charge in [-0.05, 0) is 88.5 Å². The number of likely N-dealkylation sites (tertiary alicyclic amines) is 1. The van der Waals surface area contributed by atoms with Crippen LogP contribution in [0.15, 0.2) is 48.7 Å². The topological polar surface area (TPSA) is 48.1 Å². The van der Waals surface area contributed by atoms with Crippen molar-refractivity contribution in [1.82, 2.24) is 9.88 Å². The summed E-state index contributed by atoms with van der Waals surface area (Å²) in [5, 5.41) is 4.64. The molecule has 2 heterocycles. The molecule has 4 nitrogen and oxygen atoms in total. The van der Waals surface area contributed by atoms with Gasteiger partial charge in [-0.3, -0.25) is 9.69 Å². The maximum Gasteiger partial charge on any atom is 0.257 e. The lowest BCUT2D eigenvalue weighted by Gasteiger charge is -2.40. The third kappa shape index (κ3) is 4.19. The van der Waals surface area contributed by atoms with Gasteiger partial charge < -0.3 is 10.3 Å². The molecule has 2 N–H and O–H groups in total. The number of amides is 1. The molecule has 0 radical (unpaired) electrons. The van der Waals surface area contributed by atoms with Gasteiger partial charge in [0.15, 0.2) is 0 Å². The minimum atomic E-state index is -0.189. The smallest absolute Gasteiger partial charge is 0.257 e. The minimum absolute atomic E-state index is 0.189. The van der Waals surface area contributed by atoms with E-state index >= 15 is 0 Å². The number of halogens is 1. The first kappa shape index (κ1) is 20.0. The van der Waals surface area contributed by atoms with Crippen LogP contribution in [0.5, 0.6) is 0 Å². The number of carbonyl (C=O) groups excluding carboxylic acids is 1. The number of rotatable bonds is 3. The van der Waals surface area contributed by atoms with Gasteiger partial charge in [0.1, 0.15) is 0 Å². The van der Waals surface area contributed by atoms with Crippen LogP contribution in [-0.2, 0) is 0 Å². The highest BCUT2D eigenvalue weighted by Crippen LogP contribution is 2.36. The van der Waals surface area contributed by atoms with Crippen molar-refractivity contribution in [2.45, 2.75) is 45.1 Å². The van der Waals surface area contributed by atoms with Gasteiger partial charge in [-0.25, -0.2) is 0 Å². The summed E-state index contributed by atoms with van der Waals surface area (Å²) in [7, 11) is 0. The fourth-order valence-corrected chi connectivity index (χ4v) is 4.48. The van der Waals surface area contributed by atoms with Crippen molar-refractivity contribution >= 4 is 34.1 Å². The van der Waals surface area contributed by atoms with Crippen molar-refractivity contribution < 1.29 is 4.79 Å². The Bertz CT molecular complexity index is 1030. The van der Waals surface area contributed by atoms with Crippen LogP contribution in [0.2, 0.25) is 5.02 Å². The highest BCUT2D eigenvalue weighted by Gasteiger charge is 2.28. The number of aromatic nitrogens is 1. The number of nitrogens with one attached hydrogen (secondary N) is 2. The van der Waals surface area contributed by atoms with Crippen molar-refractivity contribution in [1.29, 1.82) is 0 Å². The molecule has 3 aromatic rings. The van der Waals surface area contributed by atoms with Crippen LogP contribution in [0, 0.1) is 0 Å². The maximum atomic E-state index is 12.6.